The second kappa shape index (κ2) is 10.3. The summed E-state index contributed by atoms with van der Waals surface area (Å²) >= 11 is 0. The molecule has 1 aliphatic carbocycles. The maximum atomic E-state index is 13.3. The molecule has 1 saturated carbocycles. The zero-order valence-electron chi connectivity index (χ0n) is 25.4. The highest BCUT2D eigenvalue weighted by Gasteiger charge is 2.47. The van der Waals surface area contributed by atoms with Crippen molar-refractivity contribution in [2.45, 2.75) is 65.4 Å². The number of aromatic nitrogens is 4. The second-order valence-corrected chi connectivity index (χ2v) is 12.3. The van der Waals surface area contributed by atoms with Gasteiger partial charge in [-0.2, -0.15) is 0 Å². The maximum absolute atomic E-state index is 13.3. The third-order valence-electron chi connectivity index (χ3n) is 9.22. The SMILES string of the molecule is CC.C[C@H]1CCC2[C@H](C1)c1c(c3ccccc3c3nc4ccc(C(=O)Nc5nc6ccccc6[nH]5)cc4nc13)OC2(C)C. The zero-order valence-corrected chi connectivity index (χ0v) is 25.4. The number of para-hydroxylation sites is 2. The summed E-state index contributed by atoms with van der Waals surface area (Å²) in [4.78, 5) is 31.3. The van der Waals surface area contributed by atoms with Crippen LogP contribution in [0.2, 0.25) is 0 Å². The molecule has 1 amide bonds. The number of imidazole rings is 1. The molecule has 43 heavy (non-hydrogen) atoms. The van der Waals surface area contributed by atoms with Crippen molar-refractivity contribution in [1.82, 2.24) is 19.9 Å². The fourth-order valence-electron chi connectivity index (χ4n) is 7.23. The number of hydrogen-bond donors (Lipinski definition) is 2. The molecule has 1 unspecified atom stereocenters. The third kappa shape index (κ3) is 4.49. The van der Waals surface area contributed by atoms with E-state index >= 15 is 0 Å². The first-order chi connectivity index (χ1) is 20.9. The number of carbonyl (C=O) groups excluding carboxylic acids is 1. The molecular weight excluding hydrogens is 534 g/mol. The van der Waals surface area contributed by atoms with E-state index in [1.165, 1.54) is 12.0 Å². The maximum Gasteiger partial charge on any atom is 0.258 e. The van der Waals surface area contributed by atoms with Gasteiger partial charge in [-0.1, -0.05) is 63.6 Å². The van der Waals surface area contributed by atoms with Gasteiger partial charge in [0, 0.05) is 27.8 Å². The van der Waals surface area contributed by atoms with E-state index in [4.69, 9.17) is 14.7 Å². The molecule has 0 radical (unpaired) electrons. The summed E-state index contributed by atoms with van der Waals surface area (Å²) < 4.78 is 6.87. The van der Waals surface area contributed by atoms with E-state index in [0.717, 1.165) is 56.9 Å². The smallest absolute Gasteiger partial charge is 0.258 e. The highest BCUT2D eigenvalue weighted by atomic mass is 16.5. The van der Waals surface area contributed by atoms with Crippen LogP contribution in [0, 0.1) is 11.8 Å². The van der Waals surface area contributed by atoms with Crippen LogP contribution < -0.4 is 10.1 Å². The Kier molecular flexibility index (Phi) is 6.56. The van der Waals surface area contributed by atoms with Crippen LogP contribution in [0.3, 0.4) is 0 Å². The first-order valence-corrected chi connectivity index (χ1v) is 15.5. The summed E-state index contributed by atoms with van der Waals surface area (Å²) in [5.74, 6) is 2.51. The average molecular weight is 572 g/mol. The van der Waals surface area contributed by atoms with Gasteiger partial charge in [0.25, 0.3) is 5.91 Å². The fourth-order valence-corrected chi connectivity index (χ4v) is 7.23. The van der Waals surface area contributed by atoms with Crippen LogP contribution >= 0.6 is 0 Å². The summed E-state index contributed by atoms with van der Waals surface area (Å²) in [6.45, 7) is 10.8. The third-order valence-corrected chi connectivity index (χ3v) is 9.22. The topological polar surface area (TPSA) is 92.8 Å². The number of amides is 1. The molecule has 4 aromatic carbocycles. The van der Waals surface area contributed by atoms with Crippen molar-refractivity contribution in [3.63, 3.8) is 0 Å². The number of rotatable bonds is 2. The van der Waals surface area contributed by atoms with Crippen molar-refractivity contribution in [3.8, 4) is 5.75 Å². The van der Waals surface area contributed by atoms with Crippen molar-refractivity contribution < 1.29 is 9.53 Å². The van der Waals surface area contributed by atoms with Crippen molar-refractivity contribution in [2.24, 2.45) is 11.8 Å². The molecular formula is C36H37N5O2. The molecule has 1 aliphatic heterocycles. The largest absolute Gasteiger partial charge is 0.487 e. The molecule has 1 fully saturated rings. The van der Waals surface area contributed by atoms with Gasteiger partial charge in [0.1, 0.15) is 11.4 Å². The van der Waals surface area contributed by atoms with Crippen molar-refractivity contribution in [3.05, 3.63) is 77.9 Å². The number of nitrogens with one attached hydrogen (secondary N) is 2. The second-order valence-electron chi connectivity index (χ2n) is 12.3. The number of hydrogen-bond acceptors (Lipinski definition) is 5. The molecule has 3 heterocycles. The van der Waals surface area contributed by atoms with E-state index in [2.05, 4.69) is 54.3 Å². The molecule has 0 spiro atoms. The Morgan fingerprint density at radius 2 is 1.63 bits per heavy atom. The van der Waals surface area contributed by atoms with Crippen LogP contribution in [0.15, 0.2) is 66.7 Å². The standard InChI is InChI=1S/C34H31N5O2.C2H6/c1-18-12-14-23-22(16-18)28-30-29(20-8-4-5-9-21(20)31(28)41-34(23,2)3)35-26-15-13-19(17-27(26)36-30)32(40)39-33-37-24-10-6-7-11-25(24)38-33;1-2/h4-11,13,15,17-18,22-23H,12,14,16H2,1-3H3,(H2,37,38,39,40);1-2H3/t18-,22-,23?;/m0./s1. The summed E-state index contributed by atoms with van der Waals surface area (Å²) in [5.41, 5.74) is 6.33. The molecule has 7 nitrogen and oxygen atoms in total. The molecule has 0 saturated heterocycles. The number of anilines is 1. The quantitative estimate of drug-likeness (QED) is 0.160. The van der Waals surface area contributed by atoms with E-state index < -0.39 is 0 Å². The molecule has 218 valence electrons. The minimum Gasteiger partial charge on any atom is -0.487 e. The van der Waals surface area contributed by atoms with Gasteiger partial charge in [-0.15, -0.1) is 0 Å². The molecule has 2 aliphatic rings. The van der Waals surface area contributed by atoms with Gasteiger partial charge >= 0.3 is 0 Å². The van der Waals surface area contributed by atoms with Crippen LogP contribution in [0.25, 0.3) is 43.9 Å². The summed E-state index contributed by atoms with van der Waals surface area (Å²) in [5, 5.41) is 5.04. The van der Waals surface area contributed by atoms with Gasteiger partial charge in [0.15, 0.2) is 0 Å². The van der Waals surface area contributed by atoms with E-state index in [0.29, 0.717) is 34.8 Å². The van der Waals surface area contributed by atoms with E-state index in [-0.39, 0.29) is 11.5 Å². The zero-order chi connectivity index (χ0) is 29.9. The Morgan fingerprint density at radius 3 is 2.44 bits per heavy atom. The molecule has 2 N–H and O–H groups in total. The lowest BCUT2D eigenvalue weighted by molar-refractivity contribution is -0.0115. The number of carbonyl (C=O) groups is 1. The van der Waals surface area contributed by atoms with Gasteiger partial charge in [-0.05, 0) is 68.9 Å². The summed E-state index contributed by atoms with van der Waals surface area (Å²) in [6, 6.07) is 21.6. The van der Waals surface area contributed by atoms with Crippen molar-refractivity contribution in [1.29, 1.82) is 0 Å². The first kappa shape index (κ1) is 27.3. The lowest BCUT2D eigenvalue weighted by Crippen LogP contribution is -2.46. The molecule has 6 aromatic rings. The van der Waals surface area contributed by atoms with Crippen LogP contribution in [-0.4, -0.2) is 31.4 Å². The van der Waals surface area contributed by atoms with Crippen molar-refractivity contribution >= 4 is 55.7 Å². The lowest BCUT2D eigenvalue weighted by atomic mass is 9.64. The lowest BCUT2D eigenvalue weighted by Gasteiger charge is -2.49. The Balaban J connectivity index is 0.00000147. The van der Waals surface area contributed by atoms with Gasteiger partial charge in [-0.3, -0.25) is 10.1 Å². The van der Waals surface area contributed by atoms with Gasteiger partial charge in [0.05, 0.1) is 33.1 Å². The van der Waals surface area contributed by atoms with Crippen molar-refractivity contribution in [2.75, 3.05) is 5.32 Å². The Morgan fingerprint density at radius 1 is 0.884 bits per heavy atom. The number of nitrogens with zero attached hydrogens (tertiary/aromatic N) is 3. The van der Waals surface area contributed by atoms with Gasteiger partial charge < -0.3 is 9.72 Å². The minimum absolute atomic E-state index is 0.250. The molecule has 7 heteroatoms. The predicted octanol–water partition coefficient (Wildman–Crippen LogP) is 8.78. The minimum atomic E-state index is -0.263. The van der Waals surface area contributed by atoms with E-state index in [1.54, 1.807) is 6.07 Å². The number of ether oxygens (including phenoxy) is 1. The Bertz CT molecular complexity index is 1990. The Labute approximate surface area is 251 Å². The average Bonchev–Trinajstić information content (AvgIpc) is 3.43. The number of H-pyrrole nitrogens is 1. The van der Waals surface area contributed by atoms with E-state index in [9.17, 15) is 4.79 Å². The number of benzene rings is 4. The monoisotopic (exact) mass is 571 g/mol. The van der Waals surface area contributed by atoms with Gasteiger partial charge in [0.2, 0.25) is 5.95 Å². The Hall–Kier alpha value is -4.52. The predicted molar refractivity (Wildman–Crippen MR) is 174 cm³/mol. The van der Waals surface area contributed by atoms with Crippen LogP contribution in [0.5, 0.6) is 5.75 Å². The van der Waals surface area contributed by atoms with E-state index in [1.807, 2.05) is 56.3 Å². The summed E-state index contributed by atoms with van der Waals surface area (Å²) in [7, 11) is 0. The normalized spacial score (nSPS) is 20.6. The molecule has 8 rings (SSSR count). The number of aromatic amines is 1. The van der Waals surface area contributed by atoms with Crippen LogP contribution in [0.1, 0.15) is 75.7 Å². The van der Waals surface area contributed by atoms with Crippen LogP contribution in [0.4, 0.5) is 5.95 Å². The first-order valence-electron chi connectivity index (χ1n) is 15.5. The van der Waals surface area contributed by atoms with Gasteiger partial charge in [-0.25, -0.2) is 15.0 Å². The number of fused-ring (bicyclic) bond motifs is 10. The molecule has 2 aromatic heterocycles. The molecule has 0 bridgehead atoms. The highest BCUT2D eigenvalue weighted by Crippen LogP contribution is 2.56. The summed E-state index contributed by atoms with van der Waals surface area (Å²) in [6.07, 6.45) is 3.46. The molecule has 3 atom stereocenters. The fraction of sp³-hybridized carbons (Fsp3) is 0.333. The van der Waals surface area contributed by atoms with Crippen LogP contribution in [-0.2, 0) is 0 Å². The highest BCUT2D eigenvalue weighted by molar-refractivity contribution is 6.12.